The Morgan fingerprint density at radius 3 is 2.72 bits per heavy atom. The van der Waals surface area contributed by atoms with E-state index in [-0.39, 0.29) is 0 Å². The standard InChI is InChI=1S/C13H14N4O/c1-7-6-14-12-9(13-15-8(2)16-17-13)4-5-10(18-3)11(7)12/h4-6,14H,1-3H3,(H,15,16,17). The molecule has 0 aliphatic carbocycles. The van der Waals surface area contributed by atoms with E-state index in [1.165, 1.54) is 0 Å². The predicted molar refractivity (Wildman–Crippen MR) is 69.7 cm³/mol. The van der Waals surface area contributed by atoms with Crippen molar-refractivity contribution in [3.63, 3.8) is 0 Å². The molecule has 0 aliphatic rings. The molecule has 5 heteroatoms. The first-order valence-corrected chi connectivity index (χ1v) is 5.74. The van der Waals surface area contributed by atoms with Crippen LogP contribution < -0.4 is 4.74 Å². The number of nitrogens with one attached hydrogen (secondary N) is 2. The largest absolute Gasteiger partial charge is 0.496 e. The van der Waals surface area contributed by atoms with E-state index in [0.717, 1.165) is 33.6 Å². The first-order valence-electron chi connectivity index (χ1n) is 5.74. The number of ether oxygens (including phenoxy) is 1. The summed E-state index contributed by atoms with van der Waals surface area (Å²) in [5.74, 6) is 2.36. The second-order valence-electron chi connectivity index (χ2n) is 4.28. The Kier molecular flexibility index (Phi) is 2.33. The Bertz CT molecular complexity index is 711. The minimum atomic E-state index is 0.696. The van der Waals surface area contributed by atoms with Crippen LogP contribution in [0.25, 0.3) is 22.3 Å². The SMILES string of the molecule is COc1ccc(-c2n[nH]c(C)n2)c2[nH]cc(C)c12. The van der Waals surface area contributed by atoms with Crippen molar-refractivity contribution in [1.82, 2.24) is 20.2 Å². The molecule has 0 aliphatic heterocycles. The zero-order chi connectivity index (χ0) is 12.7. The highest BCUT2D eigenvalue weighted by Crippen LogP contribution is 2.34. The van der Waals surface area contributed by atoms with Crippen molar-refractivity contribution in [2.45, 2.75) is 13.8 Å². The van der Waals surface area contributed by atoms with Crippen molar-refractivity contribution in [3.8, 4) is 17.1 Å². The summed E-state index contributed by atoms with van der Waals surface area (Å²) in [5, 5.41) is 8.15. The van der Waals surface area contributed by atoms with Crippen molar-refractivity contribution in [1.29, 1.82) is 0 Å². The van der Waals surface area contributed by atoms with Crippen LogP contribution in [0.1, 0.15) is 11.4 Å². The molecule has 0 spiro atoms. The summed E-state index contributed by atoms with van der Waals surface area (Å²) < 4.78 is 5.39. The number of benzene rings is 1. The number of rotatable bonds is 2. The van der Waals surface area contributed by atoms with Gasteiger partial charge in [-0.1, -0.05) is 0 Å². The normalized spacial score (nSPS) is 11.1. The first-order chi connectivity index (χ1) is 8.70. The molecule has 2 aromatic heterocycles. The molecule has 92 valence electrons. The number of H-pyrrole nitrogens is 2. The summed E-state index contributed by atoms with van der Waals surface area (Å²) >= 11 is 0. The lowest BCUT2D eigenvalue weighted by molar-refractivity contribution is 0.420. The zero-order valence-electron chi connectivity index (χ0n) is 10.5. The Morgan fingerprint density at radius 2 is 2.06 bits per heavy atom. The maximum Gasteiger partial charge on any atom is 0.183 e. The first kappa shape index (κ1) is 10.8. The van der Waals surface area contributed by atoms with Crippen LogP contribution in [0.2, 0.25) is 0 Å². The Morgan fingerprint density at radius 1 is 1.22 bits per heavy atom. The fourth-order valence-corrected chi connectivity index (χ4v) is 2.20. The second kappa shape index (κ2) is 3.87. The van der Waals surface area contributed by atoms with Crippen molar-refractivity contribution in [2.24, 2.45) is 0 Å². The van der Waals surface area contributed by atoms with E-state index in [2.05, 4.69) is 20.2 Å². The van der Waals surface area contributed by atoms with E-state index in [0.29, 0.717) is 5.82 Å². The lowest BCUT2D eigenvalue weighted by Gasteiger charge is -2.05. The van der Waals surface area contributed by atoms with E-state index < -0.39 is 0 Å². The summed E-state index contributed by atoms with van der Waals surface area (Å²) in [6.07, 6.45) is 1.97. The molecule has 3 rings (SSSR count). The van der Waals surface area contributed by atoms with E-state index >= 15 is 0 Å². The Labute approximate surface area is 104 Å². The van der Waals surface area contributed by atoms with Crippen molar-refractivity contribution < 1.29 is 4.74 Å². The fourth-order valence-electron chi connectivity index (χ4n) is 2.20. The van der Waals surface area contributed by atoms with Gasteiger partial charge in [-0.3, -0.25) is 5.10 Å². The molecule has 2 heterocycles. The van der Waals surface area contributed by atoms with E-state index in [4.69, 9.17) is 4.74 Å². The van der Waals surface area contributed by atoms with Crippen molar-refractivity contribution >= 4 is 10.9 Å². The lowest BCUT2D eigenvalue weighted by atomic mass is 10.1. The number of hydrogen-bond acceptors (Lipinski definition) is 3. The number of nitrogens with zero attached hydrogens (tertiary/aromatic N) is 2. The molecule has 18 heavy (non-hydrogen) atoms. The monoisotopic (exact) mass is 242 g/mol. The van der Waals surface area contributed by atoms with Gasteiger partial charge in [-0.25, -0.2) is 4.98 Å². The van der Waals surface area contributed by atoms with E-state index in [1.807, 2.05) is 32.2 Å². The van der Waals surface area contributed by atoms with Crippen LogP contribution in [0.5, 0.6) is 5.75 Å². The highest BCUT2D eigenvalue weighted by Gasteiger charge is 2.14. The maximum absolute atomic E-state index is 5.39. The number of aromatic nitrogens is 4. The molecule has 0 unspecified atom stereocenters. The summed E-state index contributed by atoms with van der Waals surface area (Å²) in [4.78, 5) is 7.63. The fraction of sp³-hybridized carbons (Fsp3) is 0.231. The number of aromatic amines is 2. The third kappa shape index (κ3) is 1.48. The van der Waals surface area contributed by atoms with E-state index in [9.17, 15) is 0 Å². The van der Waals surface area contributed by atoms with Gasteiger partial charge in [0.15, 0.2) is 5.82 Å². The number of aryl methyl sites for hydroxylation is 2. The van der Waals surface area contributed by atoms with Crippen LogP contribution in [0.3, 0.4) is 0 Å². The molecule has 5 nitrogen and oxygen atoms in total. The van der Waals surface area contributed by atoms with Gasteiger partial charge >= 0.3 is 0 Å². The molecule has 0 radical (unpaired) electrons. The van der Waals surface area contributed by atoms with Gasteiger partial charge in [0.1, 0.15) is 11.6 Å². The molecule has 0 bridgehead atoms. The summed E-state index contributed by atoms with van der Waals surface area (Å²) in [7, 11) is 1.68. The number of methoxy groups -OCH3 is 1. The summed E-state index contributed by atoms with van der Waals surface area (Å²) in [6, 6.07) is 3.92. The van der Waals surface area contributed by atoms with Gasteiger partial charge in [-0.05, 0) is 31.5 Å². The van der Waals surface area contributed by atoms with Gasteiger partial charge in [-0.15, -0.1) is 0 Å². The molecule has 0 saturated carbocycles. The molecular weight excluding hydrogens is 228 g/mol. The third-order valence-electron chi connectivity index (χ3n) is 3.05. The van der Waals surface area contributed by atoms with Crippen LogP contribution in [-0.4, -0.2) is 27.3 Å². The minimum Gasteiger partial charge on any atom is -0.496 e. The number of hydrogen-bond donors (Lipinski definition) is 2. The van der Waals surface area contributed by atoms with Crippen LogP contribution in [0, 0.1) is 13.8 Å². The Hall–Kier alpha value is -2.30. The molecule has 0 fully saturated rings. The average Bonchev–Trinajstić information content (AvgIpc) is 2.96. The van der Waals surface area contributed by atoms with Gasteiger partial charge in [0.25, 0.3) is 0 Å². The molecule has 3 aromatic rings. The maximum atomic E-state index is 5.39. The third-order valence-corrected chi connectivity index (χ3v) is 3.05. The molecule has 0 amide bonds. The van der Waals surface area contributed by atoms with Gasteiger partial charge < -0.3 is 9.72 Å². The van der Waals surface area contributed by atoms with Crippen molar-refractivity contribution in [3.05, 3.63) is 29.7 Å². The highest BCUT2D eigenvalue weighted by molar-refractivity contribution is 5.98. The zero-order valence-corrected chi connectivity index (χ0v) is 10.5. The molecule has 0 atom stereocenters. The molecule has 1 aromatic carbocycles. The second-order valence-corrected chi connectivity index (χ2v) is 4.28. The molecule has 2 N–H and O–H groups in total. The quantitative estimate of drug-likeness (QED) is 0.725. The topological polar surface area (TPSA) is 66.6 Å². The van der Waals surface area contributed by atoms with Gasteiger partial charge in [0.2, 0.25) is 0 Å². The molecule has 0 saturated heterocycles. The summed E-state index contributed by atoms with van der Waals surface area (Å²) in [5.41, 5.74) is 3.13. The van der Waals surface area contributed by atoms with Crippen LogP contribution in [0.15, 0.2) is 18.3 Å². The molecular formula is C13H14N4O. The smallest absolute Gasteiger partial charge is 0.183 e. The Balaban J connectivity index is 2.32. The van der Waals surface area contributed by atoms with Crippen LogP contribution >= 0.6 is 0 Å². The van der Waals surface area contributed by atoms with Crippen molar-refractivity contribution in [2.75, 3.05) is 7.11 Å². The predicted octanol–water partition coefficient (Wildman–Crippen LogP) is 2.58. The highest BCUT2D eigenvalue weighted by atomic mass is 16.5. The minimum absolute atomic E-state index is 0.696. The number of fused-ring (bicyclic) bond motifs is 1. The van der Waals surface area contributed by atoms with Gasteiger partial charge in [0.05, 0.1) is 12.6 Å². The average molecular weight is 242 g/mol. The summed E-state index contributed by atoms with van der Waals surface area (Å²) in [6.45, 7) is 3.94. The lowest BCUT2D eigenvalue weighted by Crippen LogP contribution is -1.88. The van der Waals surface area contributed by atoms with Gasteiger partial charge in [-0.2, -0.15) is 5.10 Å². The van der Waals surface area contributed by atoms with Crippen LogP contribution in [-0.2, 0) is 0 Å². The van der Waals surface area contributed by atoms with Gasteiger partial charge in [0, 0.05) is 17.1 Å². The van der Waals surface area contributed by atoms with Crippen LogP contribution in [0.4, 0.5) is 0 Å². The van der Waals surface area contributed by atoms with E-state index in [1.54, 1.807) is 7.11 Å².